The third-order valence-corrected chi connectivity index (χ3v) is 4.26. The summed E-state index contributed by atoms with van der Waals surface area (Å²) in [7, 11) is 1.49. The van der Waals surface area contributed by atoms with E-state index in [0.717, 1.165) is 0 Å². The van der Waals surface area contributed by atoms with Crippen LogP contribution in [0.25, 0.3) is 11.3 Å². The van der Waals surface area contributed by atoms with Gasteiger partial charge < -0.3 is 24.5 Å². The summed E-state index contributed by atoms with van der Waals surface area (Å²) in [5.41, 5.74) is 0.958. The number of carbonyl (C=O) groups excluding carboxylic acids is 2. The maximum atomic E-state index is 12.5. The first kappa shape index (κ1) is 20.1. The Hall–Kier alpha value is -3.66. The number of nitrogens with zero attached hydrogens (tertiary/aromatic N) is 1. The predicted octanol–water partition coefficient (Wildman–Crippen LogP) is 2.67. The number of hydrogen-bond acceptors (Lipinski definition) is 7. The fraction of sp³-hybridized carbons (Fsp3) is 0.263. The first-order chi connectivity index (χ1) is 13.9. The van der Waals surface area contributed by atoms with Crippen LogP contribution in [0.2, 0.25) is 0 Å². The summed E-state index contributed by atoms with van der Waals surface area (Å²) in [5.74, 6) is 0.0333. The van der Waals surface area contributed by atoms with Crippen molar-refractivity contribution in [2.75, 3.05) is 20.3 Å². The monoisotopic (exact) mass is 401 g/mol. The van der Waals surface area contributed by atoms with E-state index >= 15 is 0 Å². The van der Waals surface area contributed by atoms with Gasteiger partial charge in [0.15, 0.2) is 0 Å². The van der Waals surface area contributed by atoms with Crippen molar-refractivity contribution in [1.82, 2.24) is 10.6 Å². The van der Waals surface area contributed by atoms with Crippen molar-refractivity contribution >= 4 is 17.7 Å². The van der Waals surface area contributed by atoms with Gasteiger partial charge >= 0.3 is 12.0 Å². The summed E-state index contributed by atoms with van der Waals surface area (Å²) in [4.78, 5) is 35.0. The topological polar surface area (TPSA) is 133 Å². The van der Waals surface area contributed by atoms with Gasteiger partial charge in [0.2, 0.25) is 0 Å². The van der Waals surface area contributed by atoms with Gasteiger partial charge in [-0.1, -0.05) is 12.1 Å². The second-order valence-electron chi connectivity index (χ2n) is 6.21. The van der Waals surface area contributed by atoms with Crippen LogP contribution in [0, 0.1) is 10.1 Å². The molecular weight excluding hydrogens is 382 g/mol. The van der Waals surface area contributed by atoms with Crippen molar-refractivity contribution in [3.63, 3.8) is 0 Å². The molecule has 0 fully saturated rings. The molecule has 2 N–H and O–H groups in total. The van der Waals surface area contributed by atoms with Gasteiger partial charge in [-0.15, -0.1) is 0 Å². The molecule has 0 unspecified atom stereocenters. The molecule has 1 atom stereocenters. The van der Waals surface area contributed by atoms with E-state index in [4.69, 9.17) is 13.9 Å². The lowest BCUT2D eigenvalue weighted by Gasteiger charge is -2.26. The highest BCUT2D eigenvalue weighted by molar-refractivity contribution is 5.94. The molecule has 1 aliphatic heterocycles. The van der Waals surface area contributed by atoms with Gasteiger partial charge in [-0.25, -0.2) is 9.59 Å². The highest BCUT2D eigenvalue weighted by Crippen LogP contribution is 2.32. The van der Waals surface area contributed by atoms with Crippen LogP contribution in [0.15, 0.2) is 52.1 Å². The fourth-order valence-corrected chi connectivity index (χ4v) is 2.91. The van der Waals surface area contributed by atoms with Crippen LogP contribution >= 0.6 is 0 Å². The van der Waals surface area contributed by atoms with Gasteiger partial charge in [-0.3, -0.25) is 10.1 Å². The number of ether oxygens (including phenoxy) is 2. The van der Waals surface area contributed by atoms with E-state index < -0.39 is 23.0 Å². The van der Waals surface area contributed by atoms with E-state index in [9.17, 15) is 19.7 Å². The van der Waals surface area contributed by atoms with E-state index in [1.807, 2.05) is 0 Å². The molecule has 0 bridgehead atoms. The maximum Gasteiger partial charge on any atom is 0.338 e. The van der Waals surface area contributed by atoms with Crippen molar-refractivity contribution in [3.8, 4) is 11.3 Å². The summed E-state index contributed by atoms with van der Waals surface area (Å²) in [6, 6.07) is 7.82. The van der Waals surface area contributed by atoms with Gasteiger partial charge in [0.05, 0.1) is 17.1 Å². The van der Waals surface area contributed by atoms with Crippen molar-refractivity contribution in [2.24, 2.45) is 0 Å². The Morgan fingerprint density at radius 2 is 2.07 bits per heavy atom. The van der Waals surface area contributed by atoms with Crippen LogP contribution in [0.5, 0.6) is 0 Å². The number of nitro benzene ring substituents is 1. The maximum absolute atomic E-state index is 12.5. The van der Waals surface area contributed by atoms with E-state index in [1.54, 1.807) is 31.2 Å². The zero-order chi connectivity index (χ0) is 21.0. The number of hydrogen-bond donors (Lipinski definition) is 2. The molecule has 152 valence electrons. The smallest absolute Gasteiger partial charge is 0.338 e. The molecule has 0 aliphatic carbocycles. The van der Waals surface area contributed by atoms with Gasteiger partial charge in [-0.05, 0) is 19.1 Å². The Morgan fingerprint density at radius 1 is 1.28 bits per heavy atom. The number of methoxy groups -OCH3 is 1. The minimum absolute atomic E-state index is 0.0594. The van der Waals surface area contributed by atoms with Gasteiger partial charge in [-0.2, -0.15) is 0 Å². The highest BCUT2D eigenvalue weighted by atomic mass is 16.6. The zero-order valence-electron chi connectivity index (χ0n) is 15.8. The van der Waals surface area contributed by atoms with Crippen LogP contribution in [0.3, 0.4) is 0 Å². The number of esters is 1. The summed E-state index contributed by atoms with van der Waals surface area (Å²) in [6.07, 6.45) is 0. The quantitative estimate of drug-likeness (QED) is 0.315. The molecule has 2 aromatic rings. The number of rotatable bonds is 7. The minimum atomic E-state index is -0.869. The summed E-state index contributed by atoms with van der Waals surface area (Å²) in [5, 5.41) is 16.2. The summed E-state index contributed by atoms with van der Waals surface area (Å²) < 4.78 is 15.9. The summed E-state index contributed by atoms with van der Waals surface area (Å²) in [6.45, 7) is 1.88. The van der Waals surface area contributed by atoms with Crippen LogP contribution in [0.1, 0.15) is 18.7 Å². The Labute approximate surface area is 165 Å². The molecule has 10 nitrogen and oxygen atoms in total. The third-order valence-electron chi connectivity index (χ3n) is 4.26. The normalized spacial score (nSPS) is 16.2. The number of non-ortho nitro benzene ring substituents is 1. The molecule has 1 aliphatic rings. The first-order valence-corrected chi connectivity index (χ1v) is 8.69. The lowest BCUT2D eigenvalue weighted by Crippen LogP contribution is -2.45. The molecule has 0 spiro atoms. The van der Waals surface area contributed by atoms with Crippen molar-refractivity contribution in [3.05, 3.63) is 63.5 Å². The SMILES string of the molecule is COCCOC(=O)C1=C(C)NC(=O)N[C@@H]1c1ccc(-c2cccc([N+](=O)[O-])c2)o1. The molecular formula is C19H19N3O7. The Kier molecular flexibility index (Phi) is 5.93. The van der Waals surface area contributed by atoms with Crippen LogP contribution < -0.4 is 10.6 Å². The van der Waals surface area contributed by atoms with E-state index in [0.29, 0.717) is 22.8 Å². The number of benzene rings is 1. The van der Waals surface area contributed by atoms with E-state index in [-0.39, 0.29) is 24.5 Å². The Morgan fingerprint density at radius 3 is 2.79 bits per heavy atom. The van der Waals surface area contributed by atoms with E-state index in [2.05, 4.69) is 10.6 Å². The van der Waals surface area contributed by atoms with Crippen molar-refractivity contribution in [2.45, 2.75) is 13.0 Å². The molecule has 3 rings (SSSR count). The number of furan rings is 1. The number of carbonyl (C=O) groups is 2. The standard InChI is InChI=1S/C19H19N3O7/c1-11-16(18(23)28-9-8-27-2)17(21-19(24)20-11)15-7-6-14(29-15)12-4-3-5-13(10-12)22(25)26/h3-7,10,17H,8-9H2,1-2H3,(H2,20,21,24)/t17-/m1/s1. The lowest BCUT2D eigenvalue weighted by atomic mass is 10.0. The van der Waals surface area contributed by atoms with Gasteiger partial charge in [0, 0.05) is 30.5 Å². The second-order valence-corrected chi connectivity index (χ2v) is 6.21. The molecule has 10 heteroatoms. The van der Waals surface area contributed by atoms with Gasteiger partial charge in [0.1, 0.15) is 24.2 Å². The Balaban J connectivity index is 1.91. The van der Waals surface area contributed by atoms with Crippen molar-refractivity contribution in [1.29, 1.82) is 0 Å². The highest BCUT2D eigenvalue weighted by Gasteiger charge is 2.34. The molecule has 29 heavy (non-hydrogen) atoms. The lowest BCUT2D eigenvalue weighted by molar-refractivity contribution is -0.384. The van der Waals surface area contributed by atoms with Crippen LogP contribution in [-0.4, -0.2) is 37.2 Å². The van der Waals surface area contributed by atoms with E-state index in [1.165, 1.54) is 19.2 Å². The molecule has 0 radical (unpaired) electrons. The number of allylic oxidation sites excluding steroid dienone is 1. The average Bonchev–Trinajstić information content (AvgIpc) is 3.17. The first-order valence-electron chi connectivity index (χ1n) is 8.69. The van der Waals surface area contributed by atoms with Crippen molar-refractivity contribution < 1.29 is 28.4 Å². The fourth-order valence-electron chi connectivity index (χ4n) is 2.91. The Bertz CT molecular complexity index is 980. The van der Waals surface area contributed by atoms with Gasteiger partial charge in [0.25, 0.3) is 5.69 Å². The van der Waals surface area contributed by atoms with Crippen LogP contribution in [-0.2, 0) is 14.3 Å². The second kappa shape index (κ2) is 8.57. The summed E-state index contributed by atoms with van der Waals surface area (Å²) >= 11 is 0. The average molecular weight is 401 g/mol. The minimum Gasteiger partial charge on any atom is -0.460 e. The molecule has 0 saturated carbocycles. The number of urea groups is 1. The number of nitro groups is 1. The molecule has 2 heterocycles. The molecule has 2 amide bonds. The predicted molar refractivity (Wildman–Crippen MR) is 101 cm³/mol. The molecule has 1 aromatic carbocycles. The largest absolute Gasteiger partial charge is 0.460 e. The molecule has 1 aromatic heterocycles. The molecule has 0 saturated heterocycles. The third kappa shape index (κ3) is 4.43. The number of amides is 2. The zero-order valence-corrected chi connectivity index (χ0v) is 15.8. The number of nitrogens with one attached hydrogen (secondary N) is 2. The van der Waals surface area contributed by atoms with Crippen LogP contribution in [0.4, 0.5) is 10.5 Å².